The minimum atomic E-state index is -0.184. The van der Waals surface area contributed by atoms with Crippen LogP contribution in [0.2, 0.25) is 0 Å². The number of nitrogen functional groups attached to an aromatic ring is 1. The first-order chi connectivity index (χ1) is 7.79. The van der Waals surface area contributed by atoms with Crippen LogP contribution in [0.3, 0.4) is 0 Å². The molecule has 1 aliphatic rings. The largest absolute Gasteiger partial charge is 0.393 e. The van der Waals surface area contributed by atoms with Crippen LogP contribution in [0.25, 0.3) is 0 Å². The molecule has 5 N–H and O–H groups in total. The van der Waals surface area contributed by atoms with Crippen molar-refractivity contribution in [2.45, 2.75) is 25.4 Å². The summed E-state index contributed by atoms with van der Waals surface area (Å²) in [7, 11) is 0. The summed E-state index contributed by atoms with van der Waals surface area (Å²) >= 11 is 0. The maximum absolute atomic E-state index is 9.66. The normalized spacial score (nSPS) is 24.4. The van der Waals surface area contributed by atoms with Gasteiger partial charge < -0.3 is 15.8 Å². The minimum absolute atomic E-state index is 0.184. The van der Waals surface area contributed by atoms with Gasteiger partial charge in [0.25, 0.3) is 0 Å². The molecule has 1 aromatic heterocycles. The summed E-state index contributed by atoms with van der Waals surface area (Å²) in [4.78, 5) is 8.18. The molecule has 2 atom stereocenters. The number of aliphatic hydroxyl groups excluding tert-OH is 1. The van der Waals surface area contributed by atoms with Gasteiger partial charge in [-0.2, -0.15) is 0 Å². The van der Waals surface area contributed by atoms with E-state index >= 15 is 0 Å². The van der Waals surface area contributed by atoms with Crippen molar-refractivity contribution in [1.82, 2.24) is 9.97 Å². The van der Waals surface area contributed by atoms with Crippen LogP contribution in [-0.2, 0) is 0 Å². The Morgan fingerprint density at radius 1 is 1.38 bits per heavy atom. The first-order valence-corrected chi connectivity index (χ1v) is 5.50. The SMILES string of the molecule is NNc1cncc(NCC2CCCC2O)n1. The third kappa shape index (κ3) is 2.59. The molecule has 1 heterocycles. The van der Waals surface area contributed by atoms with Crippen molar-refractivity contribution in [3.8, 4) is 0 Å². The molecular weight excluding hydrogens is 206 g/mol. The van der Waals surface area contributed by atoms with E-state index < -0.39 is 0 Å². The molecule has 2 rings (SSSR count). The Morgan fingerprint density at radius 3 is 2.88 bits per heavy atom. The van der Waals surface area contributed by atoms with Gasteiger partial charge in [-0.25, -0.2) is 10.8 Å². The van der Waals surface area contributed by atoms with E-state index in [2.05, 4.69) is 20.7 Å². The summed E-state index contributed by atoms with van der Waals surface area (Å²) in [6.45, 7) is 0.726. The number of rotatable bonds is 4. The maximum atomic E-state index is 9.66. The minimum Gasteiger partial charge on any atom is -0.393 e. The lowest BCUT2D eigenvalue weighted by atomic mass is 10.1. The predicted molar refractivity (Wildman–Crippen MR) is 61.7 cm³/mol. The lowest BCUT2D eigenvalue weighted by Crippen LogP contribution is -2.22. The van der Waals surface area contributed by atoms with E-state index in [0.717, 1.165) is 25.8 Å². The number of nitrogens with two attached hydrogens (primary N) is 1. The molecule has 0 saturated heterocycles. The number of hydrogen-bond donors (Lipinski definition) is 4. The Hall–Kier alpha value is -1.40. The molecule has 0 radical (unpaired) electrons. The molecule has 1 aromatic rings. The molecule has 6 nitrogen and oxygen atoms in total. The van der Waals surface area contributed by atoms with Gasteiger partial charge in [-0.15, -0.1) is 0 Å². The quantitative estimate of drug-likeness (QED) is 0.434. The molecular formula is C10H17N5O. The molecule has 0 amide bonds. The van der Waals surface area contributed by atoms with Crippen LogP contribution in [0.1, 0.15) is 19.3 Å². The van der Waals surface area contributed by atoms with Crippen molar-refractivity contribution in [3.05, 3.63) is 12.4 Å². The van der Waals surface area contributed by atoms with Crippen LogP contribution in [0.15, 0.2) is 12.4 Å². The fraction of sp³-hybridized carbons (Fsp3) is 0.600. The zero-order chi connectivity index (χ0) is 11.4. The molecule has 0 aromatic carbocycles. The first-order valence-electron chi connectivity index (χ1n) is 5.50. The summed E-state index contributed by atoms with van der Waals surface area (Å²) in [6.07, 6.45) is 6.08. The first kappa shape index (κ1) is 11.1. The molecule has 16 heavy (non-hydrogen) atoms. The highest BCUT2D eigenvalue weighted by atomic mass is 16.3. The monoisotopic (exact) mass is 223 g/mol. The Morgan fingerprint density at radius 2 is 2.19 bits per heavy atom. The van der Waals surface area contributed by atoms with Gasteiger partial charge >= 0.3 is 0 Å². The fourth-order valence-corrected chi connectivity index (χ4v) is 2.01. The number of nitrogens with zero attached hydrogens (tertiary/aromatic N) is 2. The third-order valence-corrected chi connectivity index (χ3v) is 2.95. The molecule has 2 unspecified atom stereocenters. The molecule has 0 spiro atoms. The van der Waals surface area contributed by atoms with Crippen molar-refractivity contribution in [3.63, 3.8) is 0 Å². The van der Waals surface area contributed by atoms with E-state index in [4.69, 9.17) is 5.84 Å². The average molecular weight is 223 g/mol. The smallest absolute Gasteiger partial charge is 0.160 e. The highest BCUT2D eigenvalue weighted by Crippen LogP contribution is 2.25. The van der Waals surface area contributed by atoms with Crippen LogP contribution in [0.5, 0.6) is 0 Å². The summed E-state index contributed by atoms with van der Waals surface area (Å²) in [5.41, 5.74) is 2.44. The van der Waals surface area contributed by atoms with Crippen LogP contribution in [-0.4, -0.2) is 27.7 Å². The van der Waals surface area contributed by atoms with Gasteiger partial charge in [-0.05, 0) is 12.8 Å². The fourth-order valence-electron chi connectivity index (χ4n) is 2.01. The van der Waals surface area contributed by atoms with E-state index in [9.17, 15) is 5.11 Å². The highest BCUT2D eigenvalue weighted by Gasteiger charge is 2.24. The van der Waals surface area contributed by atoms with Gasteiger partial charge in [-0.1, -0.05) is 6.42 Å². The molecule has 1 fully saturated rings. The Bertz CT molecular complexity index is 346. The summed E-state index contributed by atoms with van der Waals surface area (Å²) in [5.74, 6) is 6.76. The predicted octanol–water partition coefficient (Wildman–Crippen LogP) is 0.335. The van der Waals surface area contributed by atoms with Gasteiger partial charge in [0, 0.05) is 12.5 Å². The lowest BCUT2D eigenvalue weighted by molar-refractivity contribution is 0.138. The summed E-state index contributed by atoms with van der Waals surface area (Å²) < 4.78 is 0. The molecule has 0 bridgehead atoms. The number of aromatic nitrogens is 2. The second kappa shape index (κ2) is 5.09. The molecule has 0 aliphatic heterocycles. The maximum Gasteiger partial charge on any atom is 0.160 e. The van der Waals surface area contributed by atoms with Crippen LogP contribution >= 0.6 is 0 Å². The topological polar surface area (TPSA) is 96.1 Å². The van der Waals surface area contributed by atoms with Gasteiger partial charge in [0.2, 0.25) is 0 Å². The van der Waals surface area contributed by atoms with Crippen molar-refractivity contribution in [2.75, 3.05) is 17.3 Å². The summed E-state index contributed by atoms with van der Waals surface area (Å²) in [5, 5.41) is 12.8. The number of nitrogens with one attached hydrogen (secondary N) is 2. The van der Waals surface area contributed by atoms with Gasteiger partial charge in [-0.3, -0.25) is 4.98 Å². The molecule has 6 heteroatoms. The molecule has 1 saturated carbocycles. The van der Waals surface area contributed by atoms with Crippen molar-refractivity contribution in [2.24, 2.45) is 11.8 Å². The number of anilines is 2. The van der Waals surface area contributed by atoms with E-state index in [0.29, 0.717) is 17.6 Å². The van der Waals surface area contributed by atoms with Gasteiger partial charge in [0.05, 0.1) is 18.5 Å². The van der Waals surface area contributed by atoms with Gasteiger partial charge in [0.1, 0.15) is 5.82 Å². The lowest BCUT2D eigenvalue weighted by Gasteiger charge is -2.15. The molecule has 1 aliphatic carbocycles. The number of aliphatic hydroxyl groups is 1. The molecule has 88 valence electrons. The zero-order valence-electron chi connectivity index (χ0n) is 9.06. The van der Waals surface area contributed by atoms with Crippen molar-refractivity contribution < 1.29 is 5.11 Å². The number of hydrogen-bond acceptors (Lipinski definition) is 6. The van der Waals surface area contributed by atoms with Gasteiger partial charge in [0.15, 0.2) is 5.82 Å². The standard InChI is InChI=1S/C10H17N5O/c11-15-10-6-12-5-9(14-10)13-4-7-2-1-3-8(7)16/h5-8,16H,1-4,11H2,(H2,13,14,15). The van der Waals surface area contributed by atoms with E-state index in [1.54, 1.807) is 12.4 Å². The second-order valence-corrected chi connectivity index (χ2v) is 4.07. The van der Waals surface area contributed by atoms with E-state index in [1.165, 1.54) is 0 Å². The zero-order valence-corrected chi connectivity index (χ0v) is 9.06. The van der Waals surface area contributed by atoms with Crippen LogP contribution < -0.4 is 16.6 Å². The average Bonchev–Trinajstić information content (AvgIpc) is 2.72. The highest BCUT2D eigenvalue weighted by molar-refractivity contribution is 5.40. The third-order valence-electron chi connectivity index (χ3n) is 2.95. The van der Waals surface area contributed by atoms with Crippen molar-refractivity contribution in [1.29, 1.82) is 0 Å². The van der Waals surface area contributed by atoms with E-state index in [-0.39, 0.29) is 6.10 Å². The van der Waals surface area contributed by atoms with Crippen LogP contribution in [0.4, 0.5) is 11.6 Å². The number of hydrazine groups is 1. The Kier molecular flexibility index (Phi) is 3.53. The Balaban J connectivity index is 1.88. The van der Waals surface area contributed by atoms with Crippen molar-refractivity contribution >= 4 is 11.6 Å². The van der Waals surface area contributed by atoms with Crippen LogP contribution in [0, 0.1) is 5.92 Å². The summed E-state index contributed by atoms with van der Waals surface area (Å²) in [6, 6.07) is 0. The van der Waals surface area contributed by atoms with E-state index in [1.807, 2.05) is 0 Å². The second-order valence-electron chi connectivity index (χ2n) is 4.07. The Labute approximate surface area is 94.3 Å².